The molecule has 0 bridgehead atoms. The van der Waals surface area contributed by atoms with E-state index in [0.29, 0.717) is 60.5 Å². The number of nitrogens with zero attached hydrogens (tertiary/aromatic N) is 8. The van der Waals surface area contributed by atoms with E-state index in [0.717, 1.165) is 11.0 Å². The minimum atomic E-state index is -0.518. The molecule has 12 heteroatoms. The Labute approximate surface area is 222 Å². The van der Waals surface area contributed by atoms with Crippen LogP contribution < -0.4 is 15.0 Å². The second kappa shape index (κ2) is 9.97. The Hall–Kier alpha value is -5.13. The van der Waals surface area contributed by atoms with Crippen LogP contribution in [0.3, 0.4) is 0 Å². The summed E-state index contributed by atoms with van der Waals surface area (Å²) in [6.45, 7) is 5.77. The molecule has 0 saturated carbocycles. The van der Waals surface area contributed by atoms with Gasteiger partial charge in [-0.25, -0.2) is 29.3 Å². The fraction of sp³-hybridized carbons (Fsp3) is 0.185. The van der Waals surface area contributed by atoms with Crippen LogP contribution in [0.2, 0.25) is 0 Å². The summed E-state index contributed by atoms with van der Waals surface area (Å²) >= 11 is 0. The largest absolute Gasteiger partial charge is 0.457 e. The molecule has 0 atom stereocenters. The quantitative estimate of drug-likeness (QED) is 0.331. The van der Waals surface area contributed by atoms with Crippen molar-refractivity contribution in [3.63, 3.8) is 0 Å². The van der Waals surface area contributed by atoms with Gasteiger partial charge in [-0.2, -0.15) is 0 Å². The van der Waals surface area contributed by atoms with Crippen molar-refractivity contribution in [3.05, 3.63) is 73.7 Å². The summed E-state index contributed by atoms with van der Waals surface area (Å²) in [5.41, 5.74) is 2.94. The Bertz CT molecular complexity index is 1710. The lowest BCUT2D eigenvalue weighted by atomic mass is 10.2. The molecule has 0 radical (unpaired) electrons. The summed E-state index contributed by atoms with van der Waals surface area (Å²) in [6, 6.07) is 10.1. The molecule has 1 saturated heterocycles. The second-order valence-corrected chi connectivity index (χ2v) is 9.02. The van der Waals surface area contributed by atoms with Gasteiger partial charge in [-0.05, 0) is 30.3 Å². The molecule has 1 aliphatic heterocycles. The molecule has 0 unspecified atom stereocenters. The second-order valence-electron chi connectivity index (χ2n) is 9.02. The third-order valence-corrected chi connectivity index (χ3v) is 6.54. The number of nitrogens with one attached hydrogen (secondary N) is 1. The molecule has 6 rings (SSSR count). The summed E-state index contributed by atoms with van der Waals surface area (Å²) in [6.07, 6.45) is 6.02. The Morgan fingerprint density at radius 1 is 1.03 bits per heavy atom. The molecular formula is C27H24FN9O2. The molecule has 4 heterocycles. The van der Waals surface area contributed by atoms with Gasteiger partial charge in [0.25, 0.3) is 0 Å². The lowest BCUT2D eigenvalue weighted by Crippen LogP contribution is -2.48. The van der Waals surface area contributed by atoms with Gasteiger partial charge in [-0.1, -0.05) is 6.58 Å². The highest BCUT2D eigenvalue weighted by Gasteiger charge is 2.22. The number of fused-ring (bicyclic) bond motifs is 2. The molecule has 11 nitrogen and oxygen atoms in total. The minimum absolute atomic E-state index is 0.0957. The van der Waals surface area contributed by atoms with Crippen LogP contribution in [0.5, 0.6) is 11.5 Å². The van der Waals surface area contributed by atoms with E-state index in [9.17, 15) is 4.79 Å². The van der Waals surface area contributed by atoms with Crippen LogP contribution >= 0.6 is 0 Å². The maximum atomic E-state index is 15.1. The Morgan fingerprint density at radius 3 is 2.62 bits per heavy atom. The number of halogens is 1. The first-order chi connectivity index (χ1) is 19.0. The summed E-state index contributed by atoms with van der Waals surface area (Å²) in [5.74, 6) is 1.12. The summed E-state index contributed by atoms with van der Waals surface area (Å²) < 4.78 is 22.9. The van der Waals surface area contributed by atoms with Crippen molar-refractivity contribution in [2.24, 2.45) is 7.05 Å². The van der Waals surface area contributed by atoms with Crippen molar-refractivity contribution in [2.45, 2.75) is 0 Å². The zero-order valence-corrected chi connectivity index (χ0v) is 21.1. The van der Waals surface area contributed by atoms with Gasteiger partial charge in [0.1, 0.15) is 34.7 Å². The van der Waals surface area contributed by atoms with Crippen molar-refractivity contribution in [1.29, 1.82) is 0 Å². The number of amides is 1. The van der Waals surface area contributed by atoms with Gasteiger partial charge in [-0.15, -0.1) is 0 Å². The highest BCUT2D eigenvalue weighted by Crippen LogP contribution is 2.30. The monoisotopic (exact) mass is 525 g/mol. The van der Waals surface area contributed by atoms with E-state index in [2.05, 4.69) is 36.8 Å². The summed E-state index contributed by atoms with van der Waals surface area (Å²) in [4.78, 5) is 37.6. The highest BCUT2D eigenvalue weighted by molar-refractivity contribution is 5.88. The van der Waals surface area contributed by atoms with Crippen molar-refractivity contribution >= 4 is 45.4 Å². The first-order valence-electron chi connectivity index (χ1n) is 12.3. The molecule has 0 spiro atoms. The number of benzene rings is 2. The predicted molar refractivity (Wildman–Crippen MR) is 145 cm³/mol. The number of piperazine rings is 1. The fourth-order valence-corrected chi connectivity index (χ4v) is 4.45. The number of ether oxygens (including phenoxy) is 1. The Morgan fingerprint density at radius 2 is 1.82 bits per heavy atom. The average Bonchev–Trinajstić information content (AvgIpc) is 3.33. The molecular weight excluding hydrogens is 501 g/mol. The molecule has 39 heavy (non-hydrogen) atoms. The SMILES string of the molecule is C=CC(=O)N1CCN(c2ncc3ncnc(Nc4ccc(Oc5ccc6c(c5)ncn6C)cc4F)c3n2)CC1. The van der Waals surface area contributed by atoms with Gasteiger partial charge in [0.2, 0.25) is 11.9 Å². The maximum absolute atomic E-state index is 15.1. The highest BCUT2D eigenvalue weighted by atomic mass is 19.1. The van der Waals surface area contributed by atoms with Crippen LogP contribution in [0.15, 0.2) is 67.9 Å². The third kappa shape index (κ3) is 4.79. The van der Waals surface area contributed by atoms with Crippen LogP contribution in [0, 0.1) is 5.82 Å². The number of carbonyl (C=O) groups excluding carboxylic acids is 1. The van der Waals surface area contributed by atoms with E-state index in [1.54, 1.807) is 35.6 Å². The number of rotatable bonds is 6. The lowest BCUT2D eigenvalue weighted by Gasteiger charge is -2.34. The summed E-state index contributed by atoms with van der Waals surface area (Å²) in [5, 5.41) is 3.03. The number of hydrogen-bond donors (Lipinski definition) is 1. The van der Waals surface area contributed by atoms with Crippen LogP contribution in [0.1, 0.15) is 0 Å². The zero-order valence-electron chi connectivity index (χ0n) is 21.1. The third-order valence-electron chi connectivity index (χ3n) is 6.54. The molecule has 3 aromatic heterocycles. The Balaban J connectivity index is 1.21. The fourth-order valence-electron chi connectivity index (χ4n) is 4.45. The molecule has 1 fully saturated rings. The van der Waals surface area contributed by atoms with E-state index < -0.39 is 5.82 Å². The van der Waals surface area contributed by atoms with Crippen LogP contribution in [0.4, 0.5) is 21.8 Å². The van der Waals surface area contributed by atoms with E-state index in [1.165, 1.54) is 18.5 Å². The number of hydrogen-bond acceptors (Lipinski definition) is 9. The van der Waals surface area contributed by atoms with E-state index >= 15 is 4.39 Å². The number of aryl methyl sites for hydroxylation is 1. The molecule has 196 valence electrons. The Kier molecular flexibility index (Phi) is 6.19. The van der Waals surface area contributed by atoms with Crippen LogP contribution in [-0.2, 0) is 11.8 Å². The smallest absolute Gasteiger partial charge is 0.246 e. The number of anilines is 3. The van der Waals surface area contributed by atoms with Crippen molar-refractivity contribution in [2.75, 3.05) is 36.4 Å². The van der Waals surface area contributed by atoms with Crippen molar-refractivity contribution < 1.29 is 13.9 Å². The van der Waals surface area contributed by atoms with E-state index in [-0.39, 0.29) is 11.6 Å². The van der Waals surface area contributed by atoms with E-state index in [1.807, 2.05) is 28.6 Å². The topological polar surface area (TPSA) is 114 Å². The average molecular weight is 526 g/mol. The number of aromatic nitrogens is 6. The molecule has 0 aliphatic carbocycles. The van der Waals surface area contributed by atoms with E-state index in [4.69, 9.17) is 4.74 Å². The number of imidazole rings is 1. The standard InChI is InChI=1S/C27H24FN9O2/c1-3-24(38)36-8-10-37(11-9-36)27-29-14-22-25(34-27)26(31-15-30-22)33-20-6-4-17(12-19(20)28)39-18-5-7-23-21(13-18)32-16-35(23)2/h3-7,12-16H,1,8-11H2,2H3,(H,30,31,33). The summed E-state index contributed by atoms with van der Waals surface area (Å²) in [7, 11) is 1.92. The first-order valence-corrected chi connectivity index (χ1v) is 12.3. The molecule has 1 N–H and O–H groups in total. The van der Waals surface area contributed by atoms with Gasteiger partial charge >= 0.3 is 0 Å². The zero-order chi connectivity index (χ0) is 26.9. The molecule has 2 aromatic carbocycles. The van der Waals surface area contributed by atoms with Gasteiger partial charge in [0, 0.05) is 45.4 Å². The van der Waals surface area contributed by atoms with Crippen molar-refractivity contribution in [1.82, 2.24) is 34.4 Å². The minimum Gasteiger partial charge on any atom is -0.457 e. The van der Waals surface area contributed by atoms with Crippen LogP contribution in [-0.4, -0.2) is 66.5 Å². The first kappa shape index (κ1) is 24.2. The molecule has 1 aliphatic rings. The van der Waals surface area contributed by atoms with Gasteiger partial charge in [0.15, 0.2) is 5.82 Å². The van der Waals surface area contributed by atoms with Crippen LogP contribution in [0.25, 0.3) is 22.1 Å². The van der Waals surface area contributed by atoms with Gasteiger partial charge < -0.3 is 24.4 Å². The lowest BCUT2D eigenvalue weighted by molar-refractivity contribution is -0.126. The predicted octanol–water partition coefficient (Wildman–Crippen LogP) is 3.82. The van der Waals surface area contributed by atoms with Gasteiger partial charge in [0.05, 0.1) is 29.2 Å². The number of carbonyl (C=O) groups is 1. The normalized spacial score (nSPS) is 13.6. The molecule has 1 amide bonds. The van der Waals surface area contributed by atoms with Crippen molar-refractivity contribution in [3.8, 4) is 11.5 Å². The maximum Gasteiger partial charge on any atom is 0.246 e. The molecule has 5 aromatic rings. The van der Waals surface area contributed by atoms with Gasteiger partial charge in [-0.3, -0.25) is 4.79 Å².